The van der Waals surface area contributed by atoms with Gasteiger partial charge >= 0.3 is 0 Å². The predicted octanol–water partition coefficient (Wildman–Crippen LogP) is 3.91. The van der Waals surface area contributed by atoms with Crippen molar-refractivity contribution < 1.29 is 0 Å². The fraction of sp³-hybridized carbons (Fsp3) is 0.692. The third-order valence-electron chi connectivity index (χ3n) is 3.24. The van der Waals surface area contributed by atoms with Crippen molar-refractivity contribution in [3.05, 3.63) is 21.9 Å². The highest BCUT2D eigenvalue weighted by molar-refractivity contribution is 7.10. The van der Waals surface area contributed by atoms with Gasteiger partial charge in [0.25, 0.3) is 0 Å². The van der Waals surface area contributed by atoms with Gasteiger partial charge in [-0.2, -0.15) is 0 Å². The Hall–Kier alpha value is -0.340. The smallest absolute Gasteiger partial charge is 0.0331 e. The summed E-state index contributed by atoms with van der Waals surface area (Å²) in [5, 5.41) is 5.89. The van der Waals surface area contributed by atoms with Crippen molar-refractivity contribution in [2.24, 2.45) is 0 Å². The van der Waals surface area contributed by atoms with E-state index >= 15 is 0 Å². The summed E-state index contributed by atoms with van der Waals surface area (Å²) in [5.74, 6) is 0. The largest absolute Gasteiger partial charge is 0.310 e. The quantitative estimate of drug-likeness (QED) is 0.746. The van der Waals surface area contributed by atoms with E-state index in [2.05, 4.69) is 23.7 Å². The second-order valence-corrected chi connectivity index (χ2v) is 5.41. The Morgan fingerprint density at radius 2 is 2.33 bits per heavy atom. The molecule has 0 aliphatic carbocycles. The van der Waals surface area contributed by atoms with E-state index in [0.29, 0.717) is 6.04 Å². The molecular weight excluding hydrogens is 202 g/mol. The molecule has 1 aromatic heterocycles. The van der Waals surface area contributed by atoms with Crippen LogP contribution >= 0.6 is 11.3 Å². The van der Waals surface area contributed by atoms with Crippen LogP contribution in [0.15, 0.2) is 11.4 Å². The molecule has 0 amide bonds. The van der Waals surface area contributed by atoms with Crippen LogP contribution in [0.4, 0.5) is 0 Å². The molecule has 0 bridgehead atoms. The highest BCUT2D eigenvalue weighted by Crippen LogP contribution is 2.30. The van der Waals surface area contributed by atoms with Gasteiger partial charge in [0.05, 0.1) is 0 Å². The maximum absolute atomic E-state index is 3.64. The Labute approximate surface area is 96.9 Å². The van der Waals surface area contributed by atoms with Gasteiger partial charge in [-0.15, -0.1) is 11.3 Å². The number of thiophene rings is 1. The van der Waals surface area contributed by atoms with E-state index in [1.807, 2.05) is 11.3 Å². The fourth-order valence-electron chi connectivity index (χ4n) is 2.37. The highest BCUT2D eigenvalue weighted by atomic mass is 32.1. The molecule has 2 heterocycles. The number of rotatable bonds is 5. The lowest BCUT2D eigenvalue weighted by molar-refractivity contribution is 0.455. The molecule has 0 aromatic carbocycles. The summed E-state index contributed by atoms with van der Waals surface area (Å²) in [7, 11) is 0. The lowest BCUT2D eigenvalue weighted by Crippen LogP contribution is -2.28. The lowest BCUT2D eigenvalue weighted by atomic mass is 9.97. The molecule has 1 aliphatic rings. The van der Waals surface area contributed by atoms with Crippen LogP contribution in [-0.4, -0.2) is 6.54 Å². The van der Waals surface area contributed by atoms with Gasteiger partial charge in [-0.25, -0.2) is 0 Å². The zero-order chi connectivity index (χ0) is 10.5. The van der Waals surface area contributed by atoms with Crippen LogP contribution < -0.4 is 5.32 Å². The van der Waals surface area contributed by atoms with Crippen molar-refractivity contribution in [1.29, 1.82) is 0 Å². The van der Waals surface area contributed by atoms with Crippen LogP contribution in [0, 0.1) is 0 Å². The third kappa shape index (κ3) is 2.82. The summed E-state index contributed by atoms with van der Waals surface area (Å²) < 4.78 is 0. The molecule has 0 saturated heterocycles. The van der Waals surface area contributed by atoms with Crippen LogP contribution in [0.3, 0.4) is 0 Å². The molecule has 84 valence electrons. The van der Waals surface area contributed by atoms with Crippen LogP contribution in [-0.2, 0) is 6.42 Å². The van der Waals surface area contributed by atoms with Gasteiger partial charge in [0.2, 0.25) is 0 Å². The van der Waals surface area contributed by atoms with Gasteiger partial charge in [0.1, 0.15) is 0 Å². The molecule has 1 aliphatic heterocycles. The van der Waals surface area contributed by atoms with E-state index in [0.717, 1.165) is 0 Å². The van der Waals surface area contributed by atoms with Gasteiger partial charge < -0.3 is 5.32 Å². The van der Waals surface area contributed by atoms with Crippen LogP contribution in [0.5, 0.6) is 0 Å². The summed E-state index contributed by atoms with van der Waals surface area (Å²) in [4.78, 5) is 1.62. The molecule has 2 rings (SSSR count). The van der Waals surface area contributed by atoms with Crippen LogP contribution in [0.2, 0.25) is 0 Å². The first kappa shape index (κ1) is 11.2. The van der Waals surface area contributed by atoms with Gasteiger partial charge in [-0.1, -0.05) is 32.6 Å². The first-order valence-corrected chi connectivity index (χ1v) is 7.09. The van der Waals surface area contributed by atoms with Gasteiger partial charge in [-0.3, -0.25) is 0 Å². The average Bonchev–Trinajstić information content (AvgIpc) is 2.73. The average molecular weight is 223 g/mol. The Bertz CT molecular complexity index is 292. The van der Waals surface area contributed by atoms with E-state index in [-0.39, 0.29) is 0 Å². The molecule has 1 atom stereocenters. The maximum Gasteiger partial charge on any atom is 0.0331 e. The molecule has 1 N–H and O–H groups in total. The Kier molecular flexibility index (Phi) is 4.21. The standard InChI is InChI=1S/C13H21NS/c1-2-3-4-5-6-12-11-8-10-15-13(11)7-9-14-12/h8,10,12,14H,2-7,9H2,1H3. The maximum atomic E-state index is 3.64. The summed E-state index contributed by atoms with van der Waals surface area (Å²) in [6, 6.07) is 2.97. The number of hydrogen-bond donors (Lipinski definition) is 1. The van der Waals surface area contributed by atoms with Crippen LogP contribution in [0.25, 0.3) is 0 Å². The van der Waals surface area contributed by atoms with E-state index in [1.54, 1.807) is 10.4 Å². The summed E-state index contributed by atoms with van der Waals surface area (Å²) in [5.41, 5.74) is 1.59. The number of hydrogen-bond acceptors (Lipinski definition) is 2. The molecule has 0 radical (unpaired) electrons. The molecular formula is C13H21NS. The summed E-state index contributed by atoms with van der Waals surface area (Å²) in [6.07, 6.45) is 8.06. The van der Waals surface area contributed by atoms with Gasteiger partial charge in [-0.05, 0) is 29.9 Å². The van der Waals surface area contributed by atoms with E-state index < -0.39 is 0 Å². The van der Waals surface area contributed by atoms with E-state index in [1.165, 1.54) is 45.1 Å². The molecule has 15 heavy (non-hydrogen) atoms. The first-order valence-electron chi connectivity index (χ1n) is 6.21. The predicted molar refractivity (Wildman–Crippen MR) is 67.5 cm³/mol. The van der Waals surface area contributed by atoms with Gasteiger partial charge in [0.15, 0.2) is 0 Å². The minimum Gasteiger partial charge on any atom is -0.310 e. The summed E-state index contributed by atoms with van der Waals surface area (Å²) in [6.45, 7) is 3.45. The lowest BCUT2D eigenvalue weighted by Gasteiger charge is -2.24. The molecule has 1 unspecified atom stereocenters. The molecule has 0 saturated carbocycles. The van der Waals surface area contributed by atoms with E-state index in [4.69, 9.17) is 0 Å². The molecule has 1 nitrogen and oxygen atoms in total. The number of fused-ring (bicyclic) bond motifs is 1. The van der Waals surface area contributed by atoms with Crippen LogP contribution in [0.1, 0.15) is 55.5 Å². The molecule has 1 aromatic rings. The molecule has 2 heteroatoms. The first-order chi connectivity index (χ1) is 7.42. The van der Waals surface area contributed by atoms with Crippen molar-refractivity contribution in [2.75, 3.05) is 6.54 Å². The van der Waals surface area contributed by atoms with Crippen molar-refractivity contribution in [3.8, 4) is 0 Å². The second kappa shape index (κ2) is 5.66. The second-order valence-electron chi connectivity index (χ2n) is 4.41. The summed E-state index contributed by atoms with van der Waals surface area (Å²) >= 11 is 1.93. The number of nitrogens with one attached hydrogen (secondary N) is 1. The minimum absolute atomic E-state index is 0.650. The zero-order valence-corrected chi connectivity index (χ0v) is 10.4. The third-order valence-corrected chi connectivity index (χ3v) is 4.24. The Morgan fingerprint density at radius 3 is 3.20 bits per heavy atom. The van der Waals surface area contributed by atoms with Crippen molar-refractivity contribution in [2.45, 2.75) is 51.5 Å². The Morgan fingerprint density at radius 1 is 1.40 bits per heavy atom. The molecule has 0 spiro atoms. The zero-order valence-electron chi connectivity index (χ0n) is 9.59. The monoisotopic (exact) mass is 223 g/mol. The van der Waals surface area contributed by atoms with Crippen molar-refractivity contribution in [1.82, 2.24) is 5.32 Å². The van der Waals surface area contributed by atoms with Gasteiger partial charge in [0, 0.05) is 17.5 Å². The molecule has 0 fully saturated rings. The number of unbranched alkanes of at least 4 members (excludes halogenated alkanes) is 3. The fourth-order valence-corrected chi connectivity index (χ4v) is 3.31. The minimum atomic E-state index is 0.650. The van der Waals surface area contributed by atoms with Crippen molar-refractivity contribution in [3.63, 3.8) is 0 Å². The van der Waals surface area contributed by atoms with Crippen molar-refractivity contribution >= 4 is 11.3 Å². The highest BCUT2D eigenvalue weighted by Gasteiger charge is 2.19. The van der Waals surface area contributed by atoms with E-state index in [9.17, 15) is 0 Å². The SMILES string of the molecule is CCCCCCC1NCCc2sccc21. The Balaban J connectivity index is 1.84. The normalized spacial score (nSPS) is 20.2. The topological polar surface area (TPSA) is 12.0 Å².